The van der Waals surface area contributed by atoms with Crippen LogP contribution in [0.2, 0.25) is 5.02 Å². The van der Waals surface area contributed by atoms with Gasteiger partial charge in [0, 0.05) is 24.1 Å². The molecule has 0 aliphatic heterocycles. The third-order valence-electron chi connectivity index (χ3n) is 4.73. The van der Waals surface area contributed by atoms with Gasteiger partial charge in [-0.1, -0.05) is 41.9 Å². The molecule has 0 aromatic heterocycles. The molecule has 2 aromatic rings. The number of nitrogens with one attached hydrogen (secondary N) is 1. The molecule has 0 unspecified atom stereocenters. The third-order valence-corrected chi connectivity index (χ3v) is 5.10. The molecule has 0 bridgehead atoms. The van der Waals surface area contributed by atoms with Gasteiger partial charge in [0.1, 0.15) is 5.82 Å². The lowest BCUT2D eigenvalue weighted by Gasteiger charge is -2.18. The van der Waals surface area contributed by atoms with Gasteiger partial charge in [0.15, 0.2) is 0 Å². The first-order valence-corrected chi connectivity index (χ1v) is 8.34. The summed E-state index contributed by atoms with van der Waals surface area (Å²) < 4.78 is 13.1. The Morgan fingerprint density at radius 2 is 1.96 bits per heavy atom. The van der Waals surface area contributed by atoms with Crippen LogP contribution in [0.1, 0.15) is 17.5 Å². The number of halogens is 2. The minimum atomic E-state index is -0.747. The first-order valence-electron chi connectivity index (χ1n) is 7.96. The fraction of sp³-hybridized carbons (Fsp3) is 0.316. The number of aliphatic hydroxyl groups is 1. The lowest BCUT2D eigenvalue weighted by molar-refractivity contribution is -0.124. The number of rotatable bonds is 6. The summed E-state index contributed by atoms with van der Waals surface area (Å²) in [6.45, 7) is 0.402. The molecule has 1 amide bonds. The molecular formula is C19H19ClFNO2. The monoisotopic (exact) mass is 347 g/mol. The zero-order chi connectivity index (χ0) is 17.2. The Bertz CT molecular complexity index is 734. The van der Waals surface area contributed by atoms with E-state index in [-0.39, 0.29) is 24.2 Å². The summed E-state index contributed by atoms with van der Waals surface area (Å²) in [5, 5.41) is 13.1. The molecule has 126 valence electrons. The normalized spacial score (nSPS) is 22.2. The van der Waals surface area contributed by atoms with Gasteiger partial charge in [-0.3, -0.25) is 4.79 Å². The molecule has 1 fully saturated rings. The van der Waals surface area contributed by atoms with Gasteiger partial charge in [-0.2, -0.15) is 0 Å². The summed E-state index contributed by atoms with van der Waals surface area (Å²) in [4.78, 5) is 12.7. The van der Waals surface area contributed by atoms with E-state index in [1.54, 1.807) is 12.1 Å². The van der Waals surface area contributed by atoms with Gasteiger partial charge in [0.25, 0.3) is 0 Å². The highest BCUT2D eigenvalue weighted by Crippen LogP contribution is 2.54. The van der Waals surface area contributed by atoms with Crippen molar-refractivity contribution in [1.29, 1.82) is 0 Å². The van der Waals surface area contributed by atoms with Crippen LogP contribution >= 0.6 is 11.6 Å². The molecule has 1 saturated carbocycles. The molecule has 2 N–H and O–H groups in total. The molecule has 0 saturated heterocycles. The fourth-order valence-electron chi connectivity index (χ4n) is 3.23. The Morgan fingerprint density at radius 1 is 1.25 bits per heavy atom. The number of amides is 1. The lowest BCUT2D eigenvalue weighted by atomic mass is 9.92. The molecule has 5 heteroatoms. The largest absolute Gasteiger partial charge is 0.396 e. The molecule has 0 radical (unpaired) electrons. The van der Waals surface area contributed by atoms with Crippen LogP contribution in [0.15, 0.2) is 48.5 Å². The van der Waals surface area contributed by atoms with Gasteiger partial charge in [0.05, 0.1) is 5.41 Å². The quantitative estimate of drug-likeness (QED) is 0.843. The highest BCUT2D eigenvalue weighted by molar-refractivity contribution is 6.31. The van der Waals surface area contributed by atoms with Crippen LogP contribution in [0.5, 0.6) is 0 Å². The van der Waals surface area contributed by atoms with Crippen LogP contribution in [0, 0.1) is 11.7 Å². The van der Waals surface area contributed by atoms with Gasteiger partial charge >= 0.3 is 0 Å². The summed E-state index contributed by atoms with van der Waals surface area (Å²) in [7, 11) is 0. The molecule has 3 rings (SSSR count). The Labute approximate surface area is 145 Å². The first-order chi connectivity index (χ1) is 11.6. The van der Waals surface area contributed by atoms with E-state index < -0.39 is 5.41 Å². The molecule has 1 aliphatic carbocycles. The van der Waals surface area contributed by atoms with E-state index in [1.807, 2.05) is 24.3 Å². The second kappa shape index (κ2) is 6.91. The van der Waals surface area contributed by atoms with E-state index in [0.29, 0.717) is 24.4 Å². The minimum Gasteiger partial charge on any atom is -0.396 e. The van der Waals surface area contributed by atoms with Crippen molar-refractivity contribution in [3.8, 4) is 0 Å². The topological polar surface area (TPSA) is 49.3 Å². The molecule has 2 aromatic carbocycles. The molecule has 3 nitrogen and oxygen atoms in total. The van der Waals surface area contributed by atoms with Crippen molar-refractivity contribution in [3.05, 3.63) is 70.5 Å². The van der Waals surface area contributed by atoms with Crippen LogP contribution in [-0.2, 0) is 16.6 Å². The van der Waals surface area contributed by atoms with E-state index in [1.165, 1.54) is 12.1 Å². The molecular weight excluding hydrogens is 329 g/mol. The number of hydrogen-bond acceptors (Lipinski definition) is 2. The molecule has 2 atom stereocenters. The summed E-state index contributed by atoms with van der Waals surface area (Å²) in [5.41, 5.74) is 0.978. The van der Waals surface area contributed by atoms with Crippen molar-refractivity contribution in [1.82, 2.24) is 5.32 Å². The molecule has 0 heterocycles. The number of hydrogen-bond donors (Lipinski definition) is 2. The summed E-state index contributed by atoms with van der Waals surface area (Å²) >= 11 is 6.12. The molecule has 1 aliphatic rings. The van der Waals surface area contributed by atoms with Crippen LogP contribution < -0.4 is 5.32 Å². The zero-order valence-corrected chi connectivity index (χ0v) is 13.9. The van der Waals surface area contributed by atoms with Crippen molar-refractivity contribution >= 4 is 17.5 Å². The summed E-state index contributed by atoms with van der Waals surface area (Å²) in [5.74, 6) is -0.585. The van der Waals surface area contributed by atoms with Gasteiger partial charge in [-0.25, -0.2) is 4.39 Å². The van der Waals surface area contributed by atoms with Crippen molar-refractivity contribution in [2.75, 3.05) is 13.2 Å². The fourth-order valence-corrected chi connectivity index (χ4v) is 3.46. The van der Waals surface area contributed by atoms with E-state index >= 15 is 0 Å². The first kappa shape index (κ1) is 16.9. The maximum atomic E-state index is 13.1. The summed E-state index contributed by atoms with van der Waals surface area (Å²) in [6, 6.07) is 13.5. The van der Waals surface area contributed by atoms with Crippen LogP contribution in [0.25, 0.3) is 0 Å². The van der Waals surface area contributed by atoms with Gasteiger partial charge in [0.2, 0.25) is 5.91 Å². The molecule has 0 spiro atoms. The van der Waals surface area contributed by atoms with E-state index in [9.17, 15) is 14.3 Å². The van der Waals surface area contributed by atoms with Gasteiger partial charge < -0.3 is 10.4 Å². The van der Waals surface area contributed by atoms with Gasteiger partial charge in [-0.15, -0.1) is 0 Å². The predicted molar refractivity (Wildman–Crippen MR) is 91.4 cm³/mol. The SMILES string of the molecule is O=C(NCCc1ccccc1Cl)[C@@]1(c2ccc(F)cc2)C[C@H]1CO. The highest BCUT2D eigenvalue weighted by Gasteiger charge is 2.60. The highest BCUT2D eigenvalue weighted by atomic mass is 35.5. The third kappa shape index (κ3) is 3.17. The van der Waals surface area contributed by atoms with Crippen LogP contribution in [-0.4, -0.2) is 24.2 Å². The second-order valence-corrected chi connectivity index (χ2v) is 6.57. The number of benzene rings is 2. The smallest absolute Gasteiger partial charge is 0.231 e. The maximum Gasteiger partial charge on any atom is 0.231 e. The predicted octanol–water partition coefficient (Wildman–Crippen LogP) is 3.09. The van der Waals surface area contributed by atoms with E-state index in [4.69, 9.17) is 11.6 Å². The zero-order valence-electron chi connectivity index (χ0n) is 13.1. The Balaban J connectivity index is 1.68. The van der Waals surface area contributed by atoms with Crippen LogP contribution in [0.4, 0.5) is 4.39 Å². The second-order valence-electron chi connectivity index (χ2n) is 6.16. The average Bonchev–Trinajstić information content (AvgIpc) is 3.33. The Morgan fingerprint density at radius 3 is 2.58 bits per heavy atom. The van der Waals surface area contributed by atoms with Crippen LogP contribution in [0.3, 0.4) is 0 Å². The van der Waals surface area contributed by atoms with Crippen molar-refractivity contribution in [2.45, 2.75) is 18.3 Å². The van der Waals surface area contributed by atoms with Crippen molar-refractivity contribution in [2.24, 2.45) is 5.92 Å². The van der Waals surface area contributed by atoms with Crippen molar-refractivity contribution in [3.63, 3.8) is 0 Å². The van der Waals surface area contributed by atoms with Gasteiger partial charge in [-0.05, 0) is 42.2 Å². The van der Waals surface area contributed by atoms with Crippen molar-refractivity contribution < 1.29 is 14.3 Å². The lowest BCUT2D eigenvalue weighted by Crippen LogP contribution is -2.37. The number of carbonyl (C=O) groups is 1. The van der Waals surface area contributed by atoms with E-state index in [2.05, 4.69) is 5.32 Å². The summed E-state index contributed by atoms with van der Waals surface area (Å²) in [6.07, 6.45) is 1.21. The Kier molecular flexibility index (Phi) is 4.88. The standard InChI is InChI=1S/C19H19ClFNO2/c20-17-4-2-1-3-13(17)9-10-22-18(24)19(11-15(19)12-23)14-5-7-16(21)8-6-14/h1-8,15,23H,9-12H2,(H,22,24)/t15-,19+/m0/s1. The van der Waals surface area contributed by atoms with E-state index in [0.717, 1.165) is 11.1 Å². The number of aliphatic hydroxyl groups excluding tert-OH is 1. The maximum absolute atomic E-state index is 13.1. The average molecular weight is 348 g/mol. The minimum absolute atomic E-state index is 0.0602. The molecule has 24 heavy (non-hydrogen) atoms. The number of carbonyl (C=O) groups excluding carboxylic acids is 1. The Hall–Kier alpha value is -1.91.